The van der Waals surface area contributed by atoms with Crippen LogP contribution < -0.4 is 30.7 Å². The molecule has 6 bridgehead atoms. The monoisotopic (exact) mass is 532 g/mol. The van der Waals surface area contributed by atoms with Crippen LogP contribution in [-0.4, -0.2) is 47.6 Å². The lowest BCUT2D eigenvalue weighted by Crippen LogP contribution is -2.48. The van der Waals surface area contributed by atoms with Gasteiger partial charge in [-0.1, -0.05) is 26.0 Å². The topological polar surface area (TPSA) is 126 Å². The first-order chi connectivity index (χ1) is 18.9. The normalized spacial score (nSPS) is 17.3. The fourth-order valence-corrected chi connectivity index (χ4v) is 4.13. The van der Waals surface area contributed by atoms with Gasteiger partial charge in [-0.3, -0.25) is 9.59 Å². The molecule has 1 aromatic heterocycles. The fraction of sp³-hybridized carbons (Fsp3) is 0.379. The number of rotatable bonds is 2. The zero-order chi connectivity index (χ0) is 27.5. The van der Waals surface area contributed by atoms with Crippen molar-refractivity contribution in [3.05, 3.63) is 60.9 Å². The van der Waals surface area contributed by atoms with Gasteiger partial charge in [0.25, 0.3) is 5.91 Å². The Morgan fingerprint density at radius 2 is 1.54 bits per heavy atom. The van der Waals surface area contributed by atoms with E-state index in [9.17, 15) is 9.59 Å². The molecule has 206 valence electrons. The standard InChI is InChI=1S/C29H36N6O4/c1-20(2)14-25-29(37)30-12-4-3-5-13-38-23-10-6-8-21(15-23)33-26-17-27(32-19-31-26)34-22-9-7-11-24(16-22)39-18-28(36)35-25/h6-11,15-17,19-20,25H,3-5,12-14,18H2,1-2H3,(H,30,37)(H,35,36)(H2,31,32,33,34). The van der Waals surface area contributed by atoms with Gasteiger partial charge in [0.1, 0.15) is 35.5 Å². The van der Waals surface area contributed by atoms with Gasteiger partial charge in [-0.2, -0.15) is 0 Å². The van der Waals surface area contributed by atoms with Crippen molar-refractivity contribution in [3.8, 4) is 11.5 Å². The van der Waals surface area contributed by atoms with Crippen LogP contribution in [0.4, 0.5) is 23.0 Å². The van der Waals surface area contributed by atoms with E-state index in [1.54, 1.807) is 18.2 Å². The minimum Gasteiger partial charge on any atom is -0.494 e. The van der Waals surface area contributed by atoms with Gasteiger partial charge in [-0.05, 0) is 55.9 Å². The Balaban J connectivity index is 1.50. The minimum atomic E-state index is -0.615. The van der Waals surface area contributed by atoms with Crippen LogP contribution in [0.25, 0.3) is 0 Å². The van der Waals surface area contributed by atoms with Crippen LogP contribution >= 0.6 is 0 Å². The maximum atomic E-state index is 12.8. The summed E-state index contributed by atoms with van der Waals surface area (Å²) in [7, 11) is 0. The number of nitrogens with one attached hydrogen (secondary N) is 4. The predicted molar refractivity (Wildman–Crippen MR) is 151 cm³/mol. The molecule has 1 atom stereocenters. The summed E-state index contributed by atoms with van der Waals surface area (Å²) in [6, 6.07) is 16.1. The molecule has 1 aliphatic rings. The van der Waals surface area contributed by atoms with E-state index < -0.39 is 6.04 Å². The zero-order valence-corrected chi connectivity index (χ0v) is 22.4. The lowest BCUT2D eigenvalue weighted by Gasteiger charge is -2.20. The van der Waals surface area contributed by atoms with Crippen molar-refractivity contribution in [2.75, 3.05) is 30.4 Å². The van der Waals surface area contributed by atoms with Crippen molar-refractivity contribution in [1.82, 2.24) is 20.6 Å². The van der Waals surface area contributed by atoms with E-state index in [0.717, 1.165) is 36.4 Å². The summed E-state index contributed by atoms with van der Waals surface area (Å²) in [4.78, 5) is 34.1. The molecule has 0 saturated carbocycles. The Kier molecular flexibility index (Phi) is 9.93. The zero-order valence-electron chi connectivity index (χ0n) is 22.4. The summed E-state index contributed by atoms with van der Waals surface area (Å²) in [5.74, 6) is 2.20. The molecule has 1 aliphatic heterocycles. The molecule has 1 unspecified atom stereocenters. The number of amides is 2. The molecule has 2 heterocycles. The smallest absolute Gasteiger partial charge is 0.258 e. The Labute approximate surface area is 228 Å². The molecule has 4 rings (SSSR count). The van der Waals surface area contributed by atoms with Gasteiger partial charge in [-0.15, -0.1) is 0 Å². The minimum absolute atomic E-state index is 0.178. The van der Waals surface area contributed by atoms with Gasteiger partial charge in [0.05, 0.1) is 6.61 Å². The average molecular weight is 533 g/mol. The molecule has 2 aromatic carbocycles. The number of benzene rings is 2. The van der Waals surface area contributed by atoms with Gasteiger partial charge in [0.15, 0.2) is 6.61 Å². The quantitative estimate of drug-likeness (QED) is 0.379. The number of nitrogens with zero attached hydrogens (tertiary/aromatic N) is 2. The maximum Gasteiger partial charge on any atom is 0.258 e. The average Bonchev–Trinajstić information content (AvgIpc) is 2.91. The third-order valence-corrected chi connectivity index (χ3v) is 6.00. The van der Waals surface area contributed by atoms with Gasteiger partial charge < -0.3 is 30.7 Å². The number of anilines is 4. The SMILES string of the molecule is CC(C)CC1NC(=O)COc2cccc(c2)Nc2cc(ncn2)Nc2cccc(c2)OCCCCCNC1=O. The number of hydrogen-bond acceptors (Lipinski definition) is 8. The summed E-state index contributed by atoms with van der Waals surface area (Å²) >= 11 is 0. The van der Waals surface area contributed by atoms with Gasteiger partial charge in [0.2, 0.25) is 5.91 Å². The number of aromatic nitrogens is 2. The number of hydrogen-bond donors (Lipinski definition) is 4. The molecule has 2 amide bonds. The molecule has 0 radical (unpaired) electrons. The summed E-state index contributed by atoms with van der Waals surface area (Å²) in [5.41, 5.74) is 1.58. The van der Waals surface area contributed by atoms with E-state index in [1.807, 2.05) is 50.2 Å². The van der Waals surface area contributed by atoms with Crippen LogP contribution in [0.2, 0.25) is 0 Å². The molecule has 39 heavy (non-hydrogen) atoms. The molecular weight excluding hydrogens is 496 g/mol. The summed E-state index contributed by atoms with van der Waals surface area (Å²) in [6.45, 7) is 4.95. The van der Waals surface area contributed by atoms with Crippen molar-refractivity contribution in [3.63, 3.8) is 0 Å². The first kappa shape index (κ1) is 27.7. The van der Waals surface area contributed by atoms with Crippen molar-refractivity contribution in [1.29, 1.82) is 0 Å². The number of carbonyl (C=O) groups excluding carboxylic acids is 2. The van der Waals surface area contributed by atoms with Crippen LogP contribution in [0.1, 0.15) is 39.5 Å². The van der Waals surface area contributed by atoms with Crippen molar-refractivity contribution < 1.29 is 19.1 Å². The lowest BCUT2D eigenvalue weighted by molar-refractivity contribution is -0.130. The highest BCUT2D eigenvalue weighted by Crippen LogP contribution is 2.24. The Morgan fingerprint density at radius 1 is 0.872 bits per heavy atom. The highest BCUT2D eigenvalue weighted by atomic mass is 16.5. The van der Waals surface area contributed by atoms with E-state index in [1.165, 1.54) is 6.33 Å². The highest BCUT2D eigenvalue weighted by Gasteiger charge is 2.22. The van der Waals surface area contributed by atoms with Crippen LogP contribution in [0.15, 0.2) is 60.9 Å². The lowest BCUT2D eigenvalue weighted by atomic mass is 10.0. The molecule has 0 fully saturated rings. The molecule has 0 aliphatic carbocycles. The van der Waals surface area contributed by atoms with Crippen molar-refractivity contribution in [2.45, 2.75) is 45.6 Å². The second-order valence-electron chi connectivity index (χ2n) is 9.83. The number of carbonyl (C=O) groups is 2. The maximum absolute atomic E-state index is 12.8. The third kappa shape index (κ3) is 9.17. The van der Waals surface area contributed by atoms with E-state index in [2.05, 4.69) is 31.2 Å². The van der Waals surface area contributed by atoms with Crippen LogP contribution in [0.3, 0.4) is 0 Å². The van der Waals surface area contributed by atoms with Gasteiger partial charge >= 0.3 is 0 Å². The first-order valence-electron chi connectivity index (χ1n) is 13.3. The van der Waals surface area contributed by atoms with Crippen LogP contribution in [0, 0.1) is 5.92 Å². The predicted octanol–water partition coefficient (Wildman–Crippen LogP) is 4.55. The summed E-state index contributed by atoms with van der Waals surface area (Å²) in [5, 5.41) is 12.3. The largest absolute Gasteiger partial charge is 0.494 e. The molecule has 0 saturated heterocycles. The molecule has 10 heteroatoms. The van der Waals surface area contributed by atoms with E-state index >= 15 is 0 Å². The summed E-state index contributed by atoms with van der Waals surface area (Å²) in [6.07, 6.45) is 4.60. The second-order valence-corrected chi connectivity index (χ2v) is 9.83. The Bertz CT molecular complexity index is 1250. The van der Waals surface area contributed by atoms with Gasteiger partial charge in [0, 0.05) is 36.1 Å². The molecule has 0 spiro atoms. The second kappa shape index (κ2) is 14.0. The van der Waals surface area contributed by atoms with Crippen LogP contribution in [-0.2, 0) is 9.59 Å². The van der Waals surface area contributed by atoms with Crippen molar-refractivity contribution in [2.24, 2.45) is 5.92 Å². The number of ether oxygens (including phenoxy) is 2. The fourth-order valence-electron chi connectivity index (χ4n) is 4.13. The van der Waals surface area contributed by atoms with E-state index in [-0.39, 0.29) is 24.3 Å². The highest BCUT2D eigenvalue weighted by molar-refractivity contribution is 5.88. The van der Waals surface area contributed by atoms with Crippen molar-refractivity contribution >= 4 is 34.8 Å². The van der Waals surface area contributed by atoms with Crippen LogP contribution in [0.5, 0.6) is 11.5 Å². The Morgan fingerprint density at radius 3 is 2.21 bits per heavy atom. The third-order valence-electron chi connectivity index (χ3n) is 6.00. The molecule has 3 aromatic rings. The molecule has 4 N–H and O–H groups in total. The van der Waals surface area contributed by atoms with Gasteiger partial charge in [-0.25, -0.2) is 9.97 Å². The number of fused-ring (bicyclic) bond motifs is 6. The molecular formula is C29H36N6O4. The first-order valence-corrected chi connectivity index (χ1v) is 13.3. The Hall–Kier alpha value is -4.34. The van der Waals surface area contributed by atoms with E-state index in [0.29, 0.717) is 37.0 Å². The molecule has 10 nitrogen and oxygen atoms in total. The van der Waals surface area contributed by atoms with E-state index in [4.69, 9.17) is 9.47 Å². The summed E-state index contributed by atoms with van der Waals surface area (Å²) < 4.78 is 11.7.